The van der Waals surface area contributed by atoms with Gasteiger partial charge in [-0.1, -0.05) is 59.8 Å². The predicted octanol–water partition coefficient (Wildman–Crippen LogP) is 3.92. The third kappa shape index (κ3) is 4.18. The van der Waals surface area contributed by atoms with E-state index < -0.39 is 9.84 Å². The maximum atomic E-state index is 12.1. The number of fused-ring (bicyclic) bond motifs is 1. The van der Waals surface area contributed by atoms with Gasteiger partial charge in [0.2, 0.25) is 0 Å². The van der Waals surface area contributed by atoms with Crippen molar-refractivity contribution in [1.82, 2.24) is 4.90 Å². The van der Waals surface area contributed by atoms with E-state index in [2.05, 4.69) is 24.0 Å². The van der Waals surface area contributed by atoms with Crippen LogP contribution < -0.4 is 0 Å². The molecular formula is C20H21ClN2O2S2. The number of amidine groups is 1. The number of aliphatic imine (C=N–C) groups is 1. The van der Waals surface area contributed by atoms with Crippen LogP contribution in [0, 0.1) is 6.92 Å². The van der Waals surface area contributed by atoms with Gasteiger partial charge in [0.15, 0.2) is 15.0 Å². The number of halogens is 1. The maximum Gasteiger partial charge on any atom is 0.160 e. The Kier molecular flexibility index (Phi) is 5.23. The van der Waals surface area contributed by atoms with Gasteiger partial charge in [-0.25, -0.2) is 8.42 Å². The zero-order valence-corrected chi connectivity index (χ0v) is 17.4. The highest BCUT2D eigenvalue weighted by atomic mass is 35.5. The van der Waals surface area contributed by atoms with Crippen LogP contribution >= 0.6 is 23.4 Å². The Bertz CT molecular complexity index is 974. The summed E-state index contributed by atoms with van der Waals surface area (Å²) < 4.78 is 24.2. The molecule has 2 atom stereocenters. The van der Waals surface area contributed by atoms with E-state index in [1.807, 2.05) is 36.4 Å². The predicted molar refractivity (Wildman–Crippen MR) is 113 cm³/mol. The molecular weight excluding hydrogens is 400 g/mol. The smallest absolute Gasteiger partial charge is 0.160 e. The van der Waals surface area contributed by atoms with Crippen molar-refractivity contribution in [3.05, 3.63) is 70.2 Å². The Morgan fingerprint density at radius 3 is 2.63 bits per heavy atom. The highest BCUT2D eigenvalue weighted by molar-refractivity contribution is 8.13. The second-order valence-electron chi connectivity index (χ2n) is 7.09. The molecule has 2 aliphatic heterocycles. The lowest BCUT2D eigenvalue weighted by molar-refractivity contribution is 0.343. The van der Waals surface area contributed by atoms with Crippen LogP contribution in [0.5, 0.6) is 0 Å². The fraction of sp³-hybridized carbons (Fsp3) is 0.350. The van der Waals surface area contributed by atoms with Crippen LogP contribution in [0.15, 0.2) is 53.5 Å². The number of aryl methyl sites for hydroxylation is 1. The summed E-state index contributed by atoms with van der Waals surface area (Å²) in [6.07, 6.45) is 0. The van der Waals surface area contributed by atoms with Crippen LogP contribution in [-0.2, 0) is 22.1 Å². The van der Waals surface area contributed by atoms with Gasteiger partial charge in [0, 0.05) is 17.3 Å². The van der Waals surface area contributed by atoms with E-state index in [9.17, 15) is 8.42 Å². The third-order valence-corrected chi connectivity index (χ3v) is 8.10. The molecule has 2 heterocycles. The first-order valence-electron chi connectivity index (χ1n) is 8.88. The van der Waals surface area contributed by atoms with Gasteiger partial charge < -0.3 is 4.90 Å². The van der Waals surface area contributed by atoms with Crippen molar-refractivity contribution in [2.75, 3.05) is 11.5 Å². The molecule has 1 fully saturated rings. The molecule has 142 valence electrons. The largest absolute Gasteiger partial charge is 0.341 e. The highest BCUT2D eigenvalue weighted by Crippen LogP contribution is 2.33. The lowest BCUT2D eigenvalue weighted by atomic mass is 10.1. The van der Waals surface area contributed by atoms with Crippen LogP contribution in [0.3, 0.4) is 0 Å². The summed E-state index contributed by atoms with van der Waals surface area (Å²) in [6, 6.07) is 15.8. The Morgan fingerprint density at radius 1 is 1.15 bits per heavy atom. The second-order valence-corrected chi connectivity index (χ2v) is 10.6. The van der Waals surface area contributed by atoms with Crippen LogP contribution in [0.25, 0.3) is 0 Å². The van der Waals surface area contributed by atoms with Crippen molar-refractivity contribution in [3.8, 4) is 0 Å². The van der Waals surface area contributed by atoms with Crippen LogP contribution in [0.1, 0.15) is 16.7 Å². The van der Waals surface area contributed by atoms with Gasteiger partial charge in [0.1, 0.15) is 0 Å². The first-order valence-corrected chi connectivity index (χ1v) is 12.1. The summed E-state index contributed by atoms with van der Waals surface area (Å²) in [5, 5.41) is 1.64. The minimum absolute atomic E-state index is 0.0648. The Labute approximate surface area is 169 Å². The molecule has 27 heavy (non-hydrogen) atoms. The van der Waals surface area contributed by atoms with Crippen molar-refractivity contribution in [2.24, 2.45) is 4.99 Å². The van der Waals surface area contributed by atoms with Gasteiger partial charge in [0.05, 0.1) is 23.6 Å². The van der Waals surface area contributed by atoms with Crippen molar-refractivity contribution >= 4 is 38.4 Å². The fourth-order valence-corrected chi connectivity index (χ4v) is 6.78. The number of sulfone groups is 1. The van der Waals surface area contributed by atoms with Crippen molar-refractivity contribution < 1.29 is 8.42 Å². The van der Waals surface area contributed by atoms with E-state index in [0.717, 1.165) is 16.5 Å². The van der Waals surface area contributed by atoms with E-state index in [-0.39, 0.29) is 23.6 Å². The third-order valence-electron chi connectivity index (χ3n) is 5.10. The zero-order chi connectivity index (χ0) is 19.0. The lowest BCUT2D eigenvalue weighted by Crippen LogP contribution is -2.38. The molecule has 0 amide bonds. The Morgan fingerprint density at radius 2 is 1.89 bits per heavy atom. The first kappa shape index (κ1) is 18.8. The number of thioether (sulfide) groups is 1. The Balaban J connectivity index is 1.55. The molecule has 2 aromatic carbocycles. The summed E-state index contributed by atoms with van der Waals surface area (Å²) in [6.45, 7) is 2.76. The van der Waals surface area contributed by atoms with Crippen molar-refractivity contribution in [2.45, 2.75) is 31.3 Å². The monoisotopic (exact) mass is 420 g/mol. The molecule has 0 radical (unpaired) electrons. The van der Waals surface area contributed by atoms with Crippen LogP contribution in [-0.4, -0.2) is 42.1 Å². The molecule has 0 N–H and O–H groups in total. The molecule has 2 aliphatic rings. The van der Waals surface area contributed by atoms with Crippen LogP contribution in [0.4, 0.5) is 0 Å². The number of benzene rings is 2. The van der Waals surface area contributed by atoms with E-state index >= 15 is 0 Å². The average molecular weight is 421 g/mol. The molecule has 0 bridgehead atoms. The van der Waals surface area contributed by atoms with E-state index in [1.54, 1.807) is 11.8 Å². The number of rotatable bonds is 4. The molecule has 1 saturated heterocycles. The topological polar surface area (TPSA) is 49.7 Å². The minimum Gasteiger partial charge on any atom is -0.341 e. The minimum atomic E-state index is -3.01. The summed E-state index contributed by atoms with van der Waals surface area (Å²) in [5.74, 6) is 1.17. The van der Waals surface area contributed by atoms with E-state index in [4.69, 9.17) is 16.6 Å². The SMILES string of the molecule is Cc1ccccc1CSC1=N[C@H]2CS(=O)(=O)C[C@H]2N1Cc1ccc(Cl)cc1. The van der Waals surface area contributed by atoms with Gasteiger partial charge in [-0.05, 0) is 35.7 Å². The van der Waals surface area contributed by atoms with Crippen molar-refractivity contribution in [3.63, 3.8) is 0 Å². The molecule has 0 saturated carbocycles. The van der Waals surface area contributed by atoms with E-state index in [1.165, 1.54) is 11.1 Å². The summed E-state index contributed by atoms with van der Waals surface area (Å²) >= 11 is 7.69. The quantitative estimate of drug-likeness (QED) is 0.752. The summed E-state index contributed by atoms with van der Waals surface area (Å²) in [7, 11) is -3.01. The molecule has 4 nitrogen and oxygen atoms in total. The molecule has 0 spiro atoms. The van der Waals surface area contributed by atoms with E-state index in [0.29, 0.717) is 11.6 Å². The lowest BCUT2D eigenvalue weighted by Gasteiger charge is -2.26. The Hall–Kier alpha value is -1.50. The standard InChI is InChI=1S/C20H21ClN2O2S2/c1-14-4-2-3-5-16(14)11-26-20-22-18-12-27(24,25)13-19(18)23(20)10-15-6-8-17(21)9-7-15/h2-9,18-19H,10-13H2,1H3/t18-,19+/m0/s1. The molecule has 0 aliphatic carbocycles. The van der Waals surface area contributed by atoms with Gasteiger partial charge in [-0.2, -0.15) is 0 Å². The molecule has 2 aromatic rings. The van der Waals surface area contributed by atoms with Gasteiger partial charge in [-0.3, -0.25) is 4.99 Å². The van der Waals surface area contributed by atoms with Gasteiger partial charge in [0.25, 0.3) is 0 Å². The number of nitrogens with zero attached hydrogens (tertiary/aromatic N) is 2. The summed E-state index contributed by atoms with van der Waals surface area (Å²) in [4.78, 5) is 6.95. The zero-order valence-electron chi connectivity index (χ0n) is 15.0. The number of hydrogen-bond donors (Lipinski definition) is 0. The maximum absolute atomic E-state index is 12.1. The van der Waals surface area contributed by atoms with Gasteiger partial charge in [-0.15, -0.1) is 0 Å². The fourth-order valence-electron chi connectivity index (χ4n) is 3.60. The summed E-state index contributed by atoms with van der Waals surface area (Å²) in [5.41, 5.74) is 3.64. The first-order chi connectivity index (χ1) is 12.9. The molecule has 4 rings (SSSR count). The molecule has 0 aromatic heterocycles. The molecule has 7 heteroatoms. The average Bonchev–Trinajstić information content (AvgIpc) is 3.08. The van der Waals surface area contributed by atoms with Crippen LogP contribution in [0.2, 0.25) is 5.02 Å². The molecule has 0 unspecified atom stereocenters. The van der Waals surface area contributed by atoms with Gasteiger partial charge >= 0.3 is 0 Å². The highest BCUT2D eigenvalue weighted by Gasteiger charge is 2.46. The number of hydrogen-bond acceptors (Lipinski definition) is 5. The van der Waals surface area contributed by atoms with Crippen molar-refractivity contribution in [1.29, 1.82) is 0 Å². The second kappa shape index (κ2) is 7.49. The normalized spacial score (nSPS) is 23.3.